The second-order valence-corrected chi connectivity index (χ2v) is 5.94. The van der Waals surface area contributed by atoms with Crippen LogP contribution < -0.4 is 4.74 Å². The molecule has 4 heteroatoms. The van der Waals surface area contributed by atoms with E-state index in [2.05, 4.69) is 9.97 Å². The van der Waals surface area contributed by atoms with Gasteiger partial charge in [-0.1, -0.05) is 23.7 Å². The van der Waals surface area contributed by atoms with Crippen molar-refractivity contribution in [3.8, 4) is 17.0 Å². The van der Waals surface area contributed by atoms with E-state index in [0.717, 1.165) is 35.7 Å². The van der Waals surface area contributed by atoms with Crippen LogP contribution >= 0.6 is 11.6 Å². The molecule has 1 heterocycles. The summed E-state index contributed by atoms with van der Waals surface area (Å²) >= 11 is 6.12. The lowest BCUT2D eigenvalue weighted by atomic mass is 10.1. The first-order valence-corrected chi connectivity index (χ1v) is 7.47. The topological polar surface area (TPSA) is 35.0 Å². The molecular weight excluding hydrogens is 272 g/mol. The molecule has 2 fully saturated rings. The molecule has 0 spiro atoms. The first-order valence-electron chi connectivity index (χ1n) is 7.09. The maximum absolute atomic E-state index is 6.12. The molecule has 1 aromatic carbocycles. The molecule has 0 aliphatic heterocycles. The zero-order valence-electron chi connectivity index (χ0n) is 11.1. The average molecular weight is 287 g/mol. The van der Waals surface area contributed by atoms with Crippen LogP contribution in [0.15, 0.2) is 30.3 Å². The Kier molecular flexibility index (Phi) is 2.88. The molecule has 3 nitrogen and oxygen atoms in total. The molecule has 0 saturated heterocycles. The van der Waals surface area contributed by atoms with Crippen molar-refractivity contribution in [1.29, 1.82) is 0 Å². The van der Waals surface area contributed by atoms with E-state index in [1.54, 1.807) is 0 Å². The average Bonchev–Trinajstić information content (AvgIpc) is 3.32. The highest BCUT2D eigenvalue weighted by Crippen LogP contribution is 2.39. The summed E-state index contributed by atoms with van der Waals surface area (Å²) in [6, 6.07) is 9.89. The van der Waals surface area contributed by atoms with Crippen LogP contribution in [0.1, 0.15) is 37.4 Å². The normalized spacial score (nSPS) is 18.1. The third-order valence-electron chi connectivity index (χ3n) is 3.61. The van der Waals surface area contributed by atoms with Crippen LogP contribution in [0.5, 0.6) is 5.75 Å². The molecule has 0 atom stereocenters. The molecule has 102 valence electrons. The van der Waals surface area contributed by atoms with Gasteiger partial charge in [-0.25, -0.2) is 9.97 Å². The highest BCUT2D eigenvalue weighted by molar-refractivity contribution is 6.29. The summed E-state index contributed by atoms with van der Waals surface area (Å²) in [5.41, 5.74) is 1.92. The Hall–Kier alpha value is -1.61. The van der Waals surface area contributed by atoms with Crippen molar-refractivity contribution in [2.75, 3.05) is 0 Å². The van der Waals surface area contributed by atoms with Gasteiger partial charge in [0.15, 0.2) is 0 Å². The van der Waals surface area contributed by atoms with E-state index in [-0.39, 0.29) is 0 Å². The lowest BCUT2D eigenvalue weighted by molar-refractivity contribution is 0.303. The van der Waals surface area contributed by atoms with Crippen LogP contribution in [-0.4, -0.2) is 16.1 Å². The van der Waals surface area contributed by atoms with Gasteiger partial charge in [0.25, 0.3) is 0 Å². The molecular formula is C16H15ClN2O. The highest BCUT2D eigenvalue weighted by atomic mass is 35.5. The standard InChI is InChI=1S/C16H15ClN2O/c17-15-9-14(18-16(19-15)10-4-5-10)11-2-1-3-13(8-11)20-12-6-7-12/h1-3,8-10,12H,4-7H2. The fraction of sp³-hybridized carbons (Fsp3) is 0.375. The summed E-state index contributed by atoms with van der Waals surface area (Å²) in [6.45, 7) is 0. The van der Waals surface area contributed by atoms with E-state index in [0.29, 0.717) is 17.2 Å². The zero-order chi connectivity index (χ0) is 13.5. The van der Waals surface area contributed by atoms with E-state index < -0.39 is 0 Å². The summed E-state index contributed by atoms with van der Waals surface area (Å²) in [6.07, 6.45) is 5.07. The van der Waals surface area contributed by atoms with Gasteiger partial charge in [0, 0.05) is 17.5 Å². The predicted molar refractivity (Wildman–Crippen MR) is 78.1 cm³/mol. The molecule has 20 heavy (non-hydrogen) atoms. The third kappa shape index (κ3) is 2.63. The molecule has 4 rings (SSSR count). The van der Waals surface area contributed by atoms with E-state index in [4.69, 9.17) is 16.3 Å². The Bertz CT molecular complexity index is 651. The van der Waals surface area contributed by atoms with Crippen molar-refractivity contribution in [1.82, 2.24) is 9.97 Å². The molecule has 0 amide bonds. The highest BCUT2D eigenvalue weighted by Gasteiger charge is 2.27. The van der Waals surface area contributed by atoms with Gasteiger partial charge in [0.2, 0.25) is 0 Å². The first-order chi connectivity index (χ1) is 9.78. The number of benzene rings is 1. The van der Waals surface area contributed by atoms with E-state index in [1.165, 1.54) is 12.8 Å². The Morgan fingerprint density at radius 1 is 1.05 bits per heavy atom. The van der Waals surface area contributed by atoms with Gasteiger partial charge in [0.1, 0.15) is 16.7 Å². The van der Waals surface area contributed by atoms with Crippen LogP contribution in [-0.2, 0) is 0 Å². The molecule has 0 radical (unpaired) electrons. The number of hydrogen-bond acceptors (Lipinski definition) is 3. The molecule has 0 N–H and O–H groups in total. The lowest BCUT2D eigenvalue weighted by Crippen LogP contribution is -1.97. The van der Waals surface area contributed by atoms with Crippen molar-refractivity contribution < 1.29 is 4.74 Å². The fourth-order valence-electron chi connectivity index (χ4n) is 2.21. The predicted octanol–water partition coefficient (Wildman–Crippen LogP) is 4.22. The van der Waals surface area contributed by atoms with Gasteiger partial charge in [-0.2, -0.15) is 0 Å². The number of rotatable bonds is 4. The minimum Gasteiger partial charge on any atom is -0.490 e. The van der Waals surface area contributed by atoms with Crippen molar-refractivity contribution in [2.24, 2.45) is 0 Å². The Labute approximate surface area is 123 Å². The van der Waals surface area contributed by atoms with Crippen LogP contribution in [0, 0.1) is 0 Å². The molecule has 0 unspecified atom stereocenters. The maximum Gasteiger partial charge on any atom is 0.133 e. The van der Waals surface area contributed by atoms with Crippen molar-refractivity contribution in [3.63, 3.8) is 0 Å². The number of nitrogens with zero attached hydrogens (tertiary/aromatic N) is 2. The number of hydrogen-bond donors (Lipinski definition) is 0. The van der Waals surface area contributed by atoms with Gasteiger partial charge in [0.05, 0.1) is 11.8 Å². The smallest absolute Gasteiger partial charge is 0.133 e. The Morgan fingerprint density at radius 3 is 2.65 bits per heavy atom. The number of ether oxygens (including phenoxy) is 1. The molecule has 2 aliphatic rings. The van der Waals surface area contributed by atoms with Gasteiger partial charge < -0.3 is 4.74 Å². The Balaban J connectivity index is 1.68. The minimum atomic E-state index is 0.404. The number of aromatic nitrogens is 2. The summed E-state index contributed by atoms with van der Waals surface area (Å²) in [5, 5.41) is 0.519. The second kappa shape index (κ2) is 4.74. The third-order valence-corrected chi connectivity index (χ3v) is 3.81. The van der Waals surface area contributed by atoms with Crippen LogP contribution in [0.4, 0.5) is 0 Å². The summed E-state index contributed by atoms with van der Waals surface area (Å²) in [5.74, 6) is 2.28. The van der Waals surface area contributed by atoms with E-state index in [1.807, 2.05) is 30.3 Å². The monoisotopic (exact) mass is 286 g/mol. The molecule has 0 bridgehead atoms. The largest absolute Gasteiger partial charge is 0.490 e. The van der Waals surface area contributed by atoms with Gasteiger partial charge in [-0.15, -0.1) is 0 Å². The van der Waals surface area contributed by atoms with Gasteiger partial charge in [-0.3, -0.25) is 0 Å². The maximum atomic E-state index is 6.12. The summed E-state index contributed by atoms with van der Waals surface area (Å²) < 4.78 is 5.83. The summed E-state index contributed by atoms with van der Waals surface area (Å²) in [7, 11) is 0. The summed E-state index contributed by atoms with van der Waals surface area (Å²) in [4.78, 5) is 8.98. The van der Waals surface area contributed by atoms with E-state index >= 15 is 0 Å². The van der Waals surface area contributed by atoms with Crippen LogP contribution in [0.3, 0.4) is 0 Å². The van der Waals surface area contributed by atoms with Crippen molar-refractivity contribution in [2.45, 2.75) is 37.7 Å². The van der Waals surface area contributed by atoms with Crippen LogP contribution in [0.25, 0.3) is 11.3 Å². The fourth-order valence-corrected chi connectivity index (χ4v) is 2.40. The second-order valence-electron chi connectivity index (χ2n) is 5.55. The minimum absolute atomic E-state index is 0.404. The first kappa shape index (κ1) is 12.2. The molecule has 2 aromatic rings. The molecule has 2 aliphatic carbocycles. The molecule has 2 saturated carbocycles. The van der Waals surface area contributed by atoms with Crippen LogP contribution in [0.2, 0.25) is 5.15 Å². The molecule has 1 aromatic heterocycles. The lowest BCUT2D eigenvalue weighted by Gasteiger charge is -2.08. The van der Waals surface area contributed by atoms with Gasteiger partial charge in [-0.05, 0) is 37.8 Å². The van der Waals surface area contributed by atoms with E-state index in [9.17, 15) is 0 Å². The van der Waals surface area contributed by atoms with Gasteiger partial charge >= 0.3 is 0 Å². The SMILES string of the molecule is Clc1cc(-c2cccc(OC3CC3)c2)nc(C2CC2)n1. The zero-order valence-corrected chi connectivity index (χ0v) is 11.8. The quantitative estimate of drug-likeness (QED) is 0.790. The van der Waals surface area contributed by atoms with Crippen molar-refractivity contribution >= 4 is 11.6 Å². The number of halogens is 1. The Morgan fingerprint density at radius 2 is 1.90 bits per heavy atom. The van der Waals surface area contributed by atoms with Crippen molar-refractivity contribution in [3.05, 3.63) is 41.3 Å².